The highest BCUT2D eigenvalue weighted by molar-refractivity contribution is 5.98. The summed E-state index contributed by atoms with van der Waals surface area (Å²) >= 11 is 0. The van der Waals surface area contributed by atoms with Gasteiger partial charge < -0.3 is 20.3 Å². The summed E-state index contributed by atoms with van der Waals surface area (Å²) in [4.78, 5) is 44.2. The standard InChI is InChI=1S/C23H33N5O4/c1-4-5-11-28-21(24)20(22(30)25-23(28)31)27(12-13-32-3)19(29)15-26-10-6-7-17-14-16(2)8-9-18(17)26/h8-9,14H,4-7,10-13,15,24H2,1-3H3,(H,25,30,31). The van der Waals surface area contributed by atoms with Crippen LogP contribution in [0.15, 0.2) is 27.8 Å². The Morgan fingerprint density at radius 1 is 1.31 bits per heavy atom. The number of hydrogen-bond acceptors (Lipinski definition) is 6. The van der Waals surface area contributed by atoms with Crippen molar-refractivity contribution in [2.45, 2.75) is 46.1 Å². The highest BCUT2D eigenvalue weighted by Crippen LogP contribution is 2.28. The van der Waals surface area contributed by atoms with Crippen LogP contribution in [0, 0.1) is 6.92 Å². The van der Waals surface area contributed by atoms with Crippen LogP contribution in [0.1, 0.15) is 37.3 Å². The molecule has 174 valence electrons. The Hall–Kier alpha value is -3.07. The number of nitrogens with one attached hydrogen (secondary N) is 1. The average molecular weight is 444 g/mol. The van der Waals surface area contributed by atoms with Gasteiger partial charge in [0.15, 0.2) is 5.69 Å². The molecule has 1 aliphatic heterocycles. The number of nitrogen functional groups attached to an aromatic ring is 1. The van der Waals surface area contributed by atoms with Crippen LogP contribution < -0.4 is 26.8 Å². The Labute approximate surface area is 187 Å². The first-order valence-electron chi connectivity index (χ1n) is 11.1. The lowest BCUT2D eigenvalue weighted by Gasteiger charge is -2.33. The van der Waals surface area contributed by atoms with Crippen molar-refractivity contribution >= 4 is 23.1 Å². The van der Waals surface area contributed by atoms with Crippen molar-refractivity contribution in [1.29, 1.82) is 0 Å². The van der Waals surface area contributed by atoms with Crippen LogP contribution in [0.5, 0.6) is 0 Å². The van der Waals surface area contributed by atoms with Crippen LogP contribution in [0.2, 0.25) is 0 Å². The first-order valence-corrected chi connectivity index (χ1v) is 11.1. The van der Waals surface area contributed by atoms with Crippen molar-refractivity contribution in [3.05, 3.63) is 50.2 Å². The normalized spacial score (nSPS) is 13.2. The molecule has 0 fully saturated rings. The van der Waals surface area contributed by atoms with Gasteiger partial charge in [0.1, 0.15) is 5.82 Å². The van der Waals surface area contributed by atoms with Gasteiger partial charge in [-0.25, -0.2) is 4.79 Å². The fraction of sp³-hybridized carbons (Fsp3) is 0.522. The van der Waals surface area contributed by atoms with E-state index in [1.54, 1.807) is 0 Å². The number of fused-ring (bicyclic) bond motifs is 1. The number of aryl methyl sites for hydroxylation is 2. The highest BCUT2D eigenvalue weighted by atomic mass is 16.5. The van der Waals surface area contributed by atoms with Crippen molar-refractivity contribution in [3.63, 3.8) is 0 Å². The summed E-state index contributed by atoms with van der Waals surface area (Å²) in [5, 5.41) is 0. The molecule has 1 aromatic carbocycles. The summed E-state index contributed by atoms with van der Waals surface area (Å²) in [5.74, 6) is -0.264. The molecule has 0 radical (unpaired) electrons. The number of rotatable bonds is 9. The minimum absolute atomic E-state index is 0.00360. The quantitative estimate of drug-likeness (QED) is 0.609. The van der Waals surface area contributed by atoms with E-state index in [1.165, 1.54) is 27.7 Å². The zero-order valence-electron chi connectivity index (χ0n) is 19.1. The molecular formula is C23H33N5O4. The Balaban J connectivity index is 1.95. The van der Waals surface area contributed by atoms with Gasteiger partial charge >= 0.3 is 5.69 Å². The minimum Gasteiger partial charge on any atom is -0.383 e. The van der Waals surface area contributed by atoms with E-state index >= 15 is 0 Å². The Bertz CT molecular complexity index is 1080. The molecule has 0 unspecified atom stereocenters. The van der Waals surface area contributed by atoms with Crippen molar-refractivity contribution < 1.29 is 9.53 Å². The number of H-pyrrole nitrogens is 1. The zero-order valence-corrected chi connectivity index (χ0v) is 19.1. The molecular weight excluding hydrogens is 410 g/mol. The molecule has 0 bridgehead atoms. The molecule has 0 spiro atoms. The average Bonchev–Trinajstić information content (AvgIpc) is 2.75. The molecule has 1 aromatic heterocycles. The second kappa shape index (κ2) is 10.5. The van der Waals surface area contributed by atoms with Crippen LogP contribution in [-0.2, 0) is 22.5 Å². The van der Waals surface area contributed by atoms with Crippen molar-refractivity contribution in [3.8, 4) is 0 Å². The van der Waals surface area contributed by atoms with E-state index in [0.29, 0.717) is 6.54 Å². The van der Waals surface area contributed by atoms with Gasteiger partial charge in [0, 0.05) is 32.4 Å². The second-order valence-electron chi connectivity index (χ2n) is 8.19. The van der Waals surface area contributed by atoms with E-state index in [1.807, 2.05) is 24.0 Å². The van der Waals surface area contributed by atoms with Gasteiger partial charge in [-0.05, 0) is 37.8 Å². The fourth-order valence-corrected chi connectivity index (χ4v) is 4.14. The van der Waals surface area contributed by atoms with Gasteiger partial charge in [0.2, 0.25) is 5.91 Å². The third kappa shape index (κ3) is 5.04. The Morgan fingerprint density at radius 3 is 2.81 bits per heavy atom. The Kier molecular flexibility index (Phi) is 7.74. The SMILES string of the molecule is CCCCn1c(N)c(N(CCOC)C(=O)CN2CCCc3cc(C)ccc32)c(=O)[nH]c1=O. The minimum atomic E-state index is -0.667. The highest BCUT2D eigenvalue weighted by Gasteiger charge is 2.27. The van der Waals surface area contributed by atoms with Crippen LogP contribution >= 0.6 is 0 Å². The first-order chi connectivity index (χ1) is 15.4. The van der Waals surface area contributed by atoms with E-state index in [0.717, 1.165) is 37.9 Å². The second-order valence-corrected chi connectivity index (χ2v) is 8.19. The first kappa shape index (κ1) is 23.6. The van der Waals surface area contributed by atoms with Gasteiger partial charge in [-0.1, -0.05) is 31.0 Å². The molecule has 3 rings (SSSR count). The summed E-state index contributed by atoms with van der Waals surface area (Å²) in [7, 11) is 1.53. The largest absolute Gasteiger partial charge is 0.383 e. The van der Waals surface area contributed by atoms with Gasteiger partial charge in [-0.2, -0.15) is 0 Å². The molecule has 2 heterocycles. The number of aromatic amines is 1. The van der Waals surface area contributed by atoms with E-state index in [9.17, 15) is 14.4 Å². The summed E-state index contributed by atoms with van der Waals surface area (Å²) in [6.45, 7) is 5.67. The number of unbranched alkanes of at least 4 members (excludes halogenated alkanes) is 1. The number of nitrogens with two attached hydrogens (primary N) is 1. The molecule has 0 saturated carbocycles. The predicted octanol–water partition coefficient (Wildman–Crippen LogP) is 1.66. The van der Waals surface area contributed by atoms with Crippen LogP contribution in [0.4, 0.5) is 17.2 Å². The third-order valence-electron chi connectivity index (χ3n) is 5.82. The van der Waals surface area contributed by atoms with Gasteiger partial charge in [-0.3, -0.25) is 19.1 Å². The van der Waals surface area contributed by atoms with Crippen LogP contribution in [-0.4, -0.2) is 48.8 Å². The molecule has 1 amide bonds. The maximum Gasteiger partial charge on any atom is 0.330 e. The molecule has 0 aliphatic carbocycles. The maximum atomic E-state index is 13.4. The number of hydrogen-bond donors (Lipinski definition) is 2. The van der Waals surface area contributed by atoms with Crippen molar-refractivity contribution in [1.82, 2.24) is 9.55 Å². The summed E-state index contributed by atoms with van der Waals surface area (Å²) in [6, 6.07) is 6.24. The summed E-state index contributed by atoms with van der Waals surface area (Å²) in [5.41, 5.74) is 8.47. The number of anilines is 3. The summed E-state index contributed by atoms with van der Waals surface area (Å²) < 4.78 is 6.50. The van der Waals surface area contributed by atoms with Crippen LogP contribution in [0.25, 0.3) is 0 Å². The lowest BCUT2D eigenvalue weighted by atomic mass is 9.99. The number of nitrogens with zero attached hydrogens (tertiary/aromatic N) is 3. The number of carbonyl (C=O) groups is 1. The monoisotopic (exact) mass is 443 g/mol. The maximum absolute atomic E-state index is 13.4. The third-order valence-corrected chi connectivity index (χ3v) is 5.82. The van der Waals surface area contributed by atoms with Crippen molar-refractivity contribution in [2.24, 2.45) is 0 Å². The molecule has 0 atom stereocenters. The van der Waals surface area contributed by atoms with Crippen molar-refractivity contribution in [2.75, 3.05) is 48.9 Å². The molecule has 3 N–H and O–H groups in total. The molecule has 0 saturated heterocycles. The number of carbonyl (C=O) groups excluding carboxylic acids is 1. The molecule has 2 aromatic rings. The Morgan fingerprint density at radius 2 is 2.09 bits per heavy atom. The van der Waals surface area contributed by atoms with Crippen LogP contribution in [0.3, 0.4) is 0 Å². The number of methoxy groups -OCH3 is 1. The zero-order chi connectivity index (χ0) is 23.3. The van der Waals surface area contributed by atoms with Gasteiger partial charge in [0.05, 0.1) is 13.2 Å². The van der Waals surface area contributed by atoms with E-state index in [4.69, 9.17) is 10.5 Å². The van der Waals surface area contributed by atoms with E-state index < -0.39 is 11.2 Å². The summed E-state index contributed by atoms with van der Waals surface area (Å²) in [6.07, 6.45) is 3.52. The lowest BCUT2D eigenvalue weighted by molar-refractivity contribution is -0.117. The van der Waals surface area contributed by atoms with Gasteiger partial charge in [0.25, 0.3) is 5.56 Å². The number of aromatic nitrogens is 2. The molecule has 32 heavy (non-hydrogen) atoms. The topological polar surface area (TPSA) is 114 Å². The van der Waals surface area contributed by atoms with E-state index in [2.05, 4.69) is 18.0 Å². The van der Waals surface area contributed by atoms with E-state index in [-0.39, 0.29) is 37.1 Å². The fourth-order valence-electron chi connectivity index (χ4n) is 4.14. The lowest BCUT2D eigenvalue weighted by Crippen LogP contribution is -2.47. The van der Waals surface area contributed by atoms with Gasteiger partial charge in [-0.15, -0.1) is 0 Å². The number of benzene rings is 1. The number of amides is 1. The molecule has 9 nitrogen and oxygen atoms in total. The molecule has 9 heteroatoms. The predicted molar refractivity (Wildman–Crippen MR) is 127 cm³/mol. The molecule has 1 aliphatic rings. The smallest absolute Gasteiger partial charge is 0.330 e. The number of ether oxygens (including phenoxy) is 1.